The lowest BCUT2D eigenvalue weighted by molar-refractivity contribution is 1.18. The van der Waals surface area contributed by atoms with E-state index >= 15 is 0 Å². The molecular weight excluding hydrogens is 502 g/mol. The maximum Gasteiger partial charge on any atom is 0.146 e. The number of hydrogen-bond acceptors (Lipinski definition) is 3. The average molecular weight is 524 g/mol. The minimum Gasteiger partial charge on any atom is -0.309 e. The van der Waals surface area contributed by atoms with Crippen LogP contribution in [0.5, 0.6) is 0 Å². The van der Waals surface area contributed by atoms with Crippen LogP contribution in [0.1, 0.15) is 11.1 Å². The first-order valence-electron chi connectivity index (χ1n) is 13.9. The van der Waals surface area contributed by atoms with Crippen molar-refractivity contribution in [1.82, 2.24) is 23.9 Å². The third-order valence-electron chi connectivity index (χ3n) is 8.86. The van der Waals surface area contributed by atoms with Gasteiger partial charge in [-0.05, 0) is 64.9 Å². The second kappa shape index (κ2) is 7.55. The second-order valence-electron chi connectivity index (χ2n) is 10.9. The van der Waals surface area contributed by atoms with Crippen molar-refractivity contribution in [1.29, 1.82) is 0 Å². The Bertz CT molecular complexity index is 2550. The van der Waals surface area contributed by atoms with Crippen LogP contribution in [0.4, 0.5) is 0 Å². The lowest BCUT2D eigenvalue weighted by Gasteiger charge is -2.12. The van der Waals surface area contributed by atoms with Crippen molar-refractivity contribution in [3.8, 4) is 16.8 Å². The van der Waals surface area contributed by atoms with Crippen LogP contribution in [-0.2, 0) is 6.42 Å². The molecule has 0 amide bonds. The largest absolute Gasteiger partial charge is 0.309 e. The van der Waals surface area contributed by atoms with E-state index < -0.39 is 0 Å². The number of imidazole rings is 1. The summed E-state index contributed by atoms with van der Waals surface area (Å²) in [5.41, 5.74) is 13.0. The third-order valence-corrected chi connectivity index (χ3v) is 8.86. The first-order valence-corrected chi connectivity index (χ1v) is 13.9. The third kappa shape index (κ3) is 2.68. The van der Waals surface area contributed by atoms with Crippen molar-refractivity contribution in [2.45, 2.75) is 6.42 Å². The summed E-state index contributed by atoms with van der Waals surface area (Å²) in [7, 11) is 0. The number of para-hydroxylation sites is 1. The van der Waals surface area contributed by atoms with E-state index in [9.17, 15) is 0 Å². The van der Waals surface area contributed by atoms with Gasteiger partial charge in [-0.25, -0.2) is 4.98 Å². The topological polar surface area (TPSA) is 48.0 Å². The molecule has 0 aliphatic heterocycles. The van der Waals surface area contributed by atoms with E-state index in [1.807, 2.05) is 30.9 Å². The highest BCUT2D eigenvalue weighted by Crippen LogP contribution is 2.46. The van der Waals surface area contributed by atoms with Gasteiger partial charge in [0.1, 0.15) is 5.65 Å². The summed E-state index contributed by atoms with van der Waals surface area (Å²) in [6.07, 6.45) is 8.52. The molecule has 0 N–H and O–H groups in total. The van der Waals surface area contributed by atoms with E-state index in [1.165, 1.54) is 44.1 Å². The fraction of sp³-hybridized carbons (Fsp3) is 0.0278. The summed E-state index contributed by atoms with van der Waals surface area (Å²) in [6, 6.07) is 33.0. The van der Waals surface area contributed by atoms with Gasteiger partial charge in [0.05, 0.1) is 33.8 Å². The van der Waals surface area contributed by atoms with Gasteiger partial charge in [-0.15, -0.1) is 0 Å². The maximum atomic E-state index is 5.13. The number of fused-ring (bicyclic) bond motifs is 15. The Morgan fingerprint density at radius 2 is 1.44 bits per heavy atom. The Hall–Kier alpha value is -5.55. The van der Waals surface area contributed by atoms with Crippen LogP contribution in [-0.4, -0.2) is 23.9 Å². The molecule has 190 valence electrons. The minimum atomic E-state index is 0.937. The van der Waals surface area contributed by atoms with Crippen molar-refractivity contribution >= 4 is 60.2 Å². The molecule has 0 fully saturated rings. The number of nitrogens with zero attached hydrogens (tertiary/aromatic N) is 5. The van der Waals surface area contributed by atoms with E-state index in [2.05, 4.69) is 104 Å². The highest BCUT2D eigenvalue weighted by molar-refractivity contribution is 6.23. The van der Waals surface area contributed by atoms with Gasteiger partial charge in [-0.3, -0.25) is 14.4 Å². The molecule has 0 bridgehead atoms. The Morgan fingerprint density at radius 1 is 0.585 bits per heavy atom. The molecule has 5 heterocycles. The van der Waals surface area contributed by atoms with Crippen LogP contribution in [0.3, 0.4) is 0 Å². The molecule has 5 aromatic heterocycles. The SMILES string of the molecule is c1ccc(-n2c3cc4c5cnccc5n5c6cnccc6nc5c4cc3c3ccc4c(c32)-c2ccccc2C4)cc1. The monoisotopic (exact) mass is 523 g/mol. The van der Waals surface area contributed by atoms with Gasteiger partial charge < -0.3 is 4.57 Å². The normalized spacial score (nSPS) is 12.8. The van der Waals surface area contributed by atoms with Gasteiger partial charge in [-0.2, -0.15) is 0 Å². The average Bonchev–Trinajstić information content (AvgIpc) is 3.70. The van der Waals surface area contributed by atoms with E-state index in [0.29, 0.717) is 0 Å². The molecule has 0 spiro atoms. The van der Waals surface area contributed by atoms with Crippen LogP contribution >= 0.6 is 0 Å². The molecule has 0 saturated heterocycles. The molecule has 0 unspecified atom stereocenters. The summed E-state index contributed by atoms with van der Waals surface area (Å²) in [5.74, 6) is 0. The van der Waals surface area contributed by atoms with E-state index in [4.69, 9.17) is 4.98 Å². The fourth-order valence-corrected chi connectivity index (χ4v) is 7.15. The quantitative estimate of drug-likeness (QED) is 0.204. The van der Waals surface area contributed by atoms with Crippen molar-refractivity contribution in [3.63, 3.8) is 0 Å². The molecule has 5 nitrogen and oxygen atoms in total. The zero-order chi connectivity index (χ0) is 26.7. The van der Waals surface area contributed by atoms with Gasteiger partial charge in [0.25, 0.3) is 0 Å². The van der Waals surface area contributed by atoms with Crippen molar-refractivity contribution in [3.05, 3.63) is 127 Å². The van der Waals surface area contributed by atoms with Crippen molar-refractivity contribution < 1.29 is 0 Å². The lowest BCUT2D eigenvalue weighted by atomic mass is 10.0. The van der Waals surface area contributed by atoms with E-state index in [1.54, 1.807) is 0 Å². The fourth-order valence-electron chi connectivity index (χ4n) is 7.15. The number of pyridine rings is 3. The van der Waals surface area contributed by atoms with Crippen LogP contribution in [0, 0.1) is 0 Å². The van der Waals surface area contributed by atoms with Crippen LogP contribution in [0.15, 0.2) is 116 Å². The maximum absolute atomic E-state index is 5.13. The summed E-state index contributed by atoms with van der Waals surface area (Å²) >= 11 is 0. The van der Waals surface area contributed by atoms with E-state index in [-0.39, 0.29) is 0 Å². The van der Waals surface area contributed by atoms with Gasteiger partial charge >= 0.3 is 0 Å². The standard InChI is InChI=1S/C36H21N5/c1-2-7-23(8-3-1)40-32-18-26-28(36-39-30-12-14-38-20-33(30)41(36)31-13-15-37-19-29(26)31)17-27(32)25-11-10-22-16-21-6-4-5-9-24(21)34(22)35(25)40/h1-15,17-20H,16H2. The number of aromatic nitrogens is 5. The van der Waals surface area contributed by atoms with Crippen LogP contribution in [0.25, 0.3) is 77.0 Å². The molecule has 41 heavy (non-hydrogen) atoms. The first-order chi connectivity index (χ1) is 20.3. The van der Waals surface area contributed by atoms with Crippen LogP contribution < -0.4 is 0 Å². The molecule has 0 saturated carbocycles. The summed E-state index contributed by atoms with van der Waals surface area (Å²) in [4.78, 5) is 14.1. The van der Waals surface area contributed by atoms with Gasteiger partial charge in [-0.1, -0.05) is 54.6 Å². The minimum absolute atomic E-state index is 0.937. The molecule has 9 aromatic rings. The van der Waals surface area contributed by atoms with Gasteiger partial charge in [0, 0.05) is 51.4 Å². The van der Waals surface area contributed by atoms with Crippen molar-refractivity contribution in [2.75, 3.05) is 0 Å². The van der Waals surface area contributed by atoms with Crippen molar-refractivity contribution in [2.24, 2.45) is 0 Å². The highest BCUT2D eigenvalue weighted by atomic mass is 15.0. The molecule has 1 aliphatic rings. The number of benzene rings is 4. The van der Waals surface area contributed by atoms with Gasteiger partial charge in [0.2, 0.25) is 0 Å². The second-order valence-corrected chi connectivity index (χ2v) is 10.9. The predicted octanol–water partition coefficient (Wildman–Crippen LogP) is 8.25. The molecule has 4 aromatic carbocycles. The molecule has 1 aliphatic carbocycles. The Morgan fingerprint density at radius 3 is 2.39 bits per heavy atom. The molecule has 0 radical (unpaired) electrons. The highest BCUT2D eigenvalue weighted by Gasteiger charge is 2.26. The smallest absolute Gasteiger partial charge is 0.146 e. The first kappa shape index (κ1) is 21.3. The molecular formula is C36H21N5. The molecule has 5 heteroatoms. The Labute approximate surface area is 234 Å². The van der Waals surface area contributed by atoms with Gasteiger partial charge in [0.15, 0.2) is 0 Å². The zero-order valence-electron chi connectivity index (χ0n) is 21.9. The number of rotatable bonds is 1. The lowest BCUT2D eigenvalue weighted by Crippen LogP contribution is -1.96. The van der Waals surface area contributed by atoms with E-state index in [0.717, 1.165) is 50.5 Å². The summed E-state index contributed by atoms with van der Waals surface area (Å²) in [5, 5.41) is 5.83. The summed E-state index contributed by atoms with van der Waals surface area (Å²) < 4.78 is 4.70. The summed E-state index contributed by atoms with van der Waals surface area (Å²) in [6.45, 7) is 0. The Balaban J connectivity index is 1.47. The predicted molar refractivity (Wildman–Crippen MR) is 166 cm³/mol. The Kier molecular flexibility index (Phi) is 3.92. The van der Waals surface area contributed by atoms with Crippen LogP contribution in [0.2, 0.25) is 0 Å². The molecule has 0 atom stereocenters. The molecule has 10 rings (SSSR count). The zero-order valence-corrected chi connectivity index (χ0v) is 21.9. The number of hydrogen-bond donors (Lipinski definition) is 0.